The second kappa shape index (κ2) is 3.51. The van der Waals surface area contributed by atoms with Crippen LogP contribution in [0.4, 0.5) is 0 Å². The Hall–Kier alpha value is -1.82. The summed E-state index contributed by atoms with van der Waals surface area (Å²) in [7, 11) is 0. The third kappa shape index (κ3) is 1.60. The molecule has 0 saturated carbocycles. The molecule has 6 heteroatoms. The van der Waals surface area contributed by atoms with Gasteiger partial charge in [0.1, 0.15) is 0 Å². The Labute approximate surface area is 83.1 Å². The summed E-state index contributed by atoms with van der Waals surface area (Å²) >= 11 is 1.37. The van der Waals surface area contributed by atoms with Crippen LogP contribution < -0.4 is 0 Å². The second-order valence-corrected chi connectivity index (χ2v) is 3.32. The van der Waals surface area contributed by atoms with Crippen LogP contribution in [-0.2, 0) is 0 Å². The minimum atomic E-state index is -1.06. The number of carbonyl (C=O) groups is 1. The average molecular weight is 207 g/mol. The molecule has 1 N–H and O–H groups in total. The fourth-order valence-corrected chi connectivity index (χ4v) is 1.48. The van der Waals surface area contributed by atoms with Crippen LogP contribution in [0.25, 0.3) is 10.7 Å². The third-order valence-corrected chi connectivity index (χ3v) is 2.30. The maximum atomic E-state index is 10.6. The van der Waals surface area contributed by atoms with Gasteiger partial charge in [-0.15, -0.1) is 11.3 Å². The highest BCUT2D eigenvalue weighted by atomic mass is 32.1. The SMILES string of the molecule is O=C(O)c1ccnc(-c2cncs2)n1. The first kappa shape index (κ1) is 8.76. The molecule has 0 fully saturated rings. The number of nitrogens with zero attached hydrogens (tertiary/aromatic N) is 3. The molecule has 0 spiro atoms. The minimum Gasteiger partial charge on any atom is -0.477 e. The number of aromatic carboxylic acids is 1. The normalized spacial score (nSPS) is 10.0. The van der Waals surface area contributed by atoms with Crippen molar-refractivity contribution in [1.29, 1.82) is 0 Å². The number of aromatic nitrogens is 3. The number of hydrogen-bond acceptors (Lipinski definition) is 5. The number of carboxylic acids is 1. The summed E-state index contributed by atoms with van der Waals surface area (Å²) in [5.41, 5.74) is 1.63. The van der Waals surface area contributed by atoms with Gasteiger partial charge in [-0.05, 0) is 6.07 Å². The van der Waals surface area contributed by atoms with Crippen LogP contribution in [0.5, 0.6) is 0 Å². The van der Waals surface area contributed by atoms with Crippen LogP contribution in [0.2, 0.25) is 0 Å². The smallest absolute Gasteiger partial charge is 0.354 e. The first-order valence-electron chi connectivity index (χ1n) is 3.72. The van der Waals surface area contributed by atoms with Gasteiger partial charge in [0, 0.05) is 12.4 Å². The van der Waals surface area contributed by atoms with Gasteiger partial charge in [-0.3, -0.25) is 4.98 Å². The summed E-state index contributed by atoms with van der Waals surface area (Å²) in [6, 6.07) is 1.35. The van der Waals surface area contributed by atoms with Crippen molar-refractivity contribution in [2.45, 2.75) is 0 Å². The summed E-state index contributed by atoms with van der Waals surface area (Å²) in [6.07, 6.45) is 3.02. The van der Waals surface area contributed by atoms with Gasteiger partial charge in [0.25, 0.3) is 0 Å². The lowest BCUT2D eigenvalue weighted by atomic mass is 10.4. The van der Waals surface area contributed by atoms with Gasteiger partial charge in [-0.25, -0.2) is 14.8 Å². The summed E-state index contributed by atoms with van der Waals surface area (Å²) in [5.74, 6) is -0.662. The molecule has 0 amide bonds. The quantitative estimate of drug-likeness (QED) is 0.803. The molecule has 5 nitrogen and oxygen atoms in total. The molecule has 0 atom stereocenters. The Bertz CT molecular complexity index is 455. The lowest BCUT2D eigenvalue weighted by Crippen LogP contribution is -2.01. The molecule has 0 bridgehead atoms. The van der Waals surface area contributed by atoms with Gasteiger partial charge in [-0.1, -0.05) is 0 Å². The maximum absolute atomic E-state index is 10.6. The van der Waals surface area contributed by atoms with E-state index in [2.05, 4.69) is 15.0 Å². The highest BCUT2D eigenvalue weighted by molar-refractivity contribution is 7.13. The molecular formula is C8H5N3O2S. The van der Waals surface area contributed by atoms with Crippen molar-refractivity contribution in [3.05, 3.63) is 29.7 Å². The Kier molecular flexibility index (Phi) is 2.19. The van der Waals surface area contributed by atoms with Gasteiger partial charge in [0.2, 0.25) is 0 Å². The molecule has 2 rings (SSSR count). The largest absolute Gasteiger partial charge is 0.477 e. The molecule has 0 unspecified atom stereocenters. The lowest BCUT2D eigenvalue weighted by molar-refractivity contribution is 0.0690. The number of carboxylic acid groups (broad SMARTS) is 1. The molecule has 0 aliphatic heterocycles. The van der Waals surface area contributed by atoms with E-state index in [-0.39, 0.29) is 5.69 Å². The van der Waals surface area contributed by atoms with Crippen molar-refractivity contribution in [3.8, 4) is 10.7 Å². The highest BCUT2D eigenvalue weighted by Gasteiger charge is 2.08. The Morgan fingerprint density at radius 3 is 3.00 bits per heavy atom. The van der Waals surface area contributed by atoms with Crippen LogP contribution >= 0.6 is 11.3 Å². The van der Waals surface area contributed by atoms with E-state index in [1.807, 2.05) is 0 Å². The van der Waals surface area contributed by atoms with E-state index in [9.17, 15) is 4.79 Å². The van der Waals surface area contributed by atoms with E-state index in [1.54, 1.807) is 11.7 Å². The van der Waals surface area contributed by atoms with E-state index < -0.39 is 5.97 Å². The Balaban J connectivity index is 2.46. The zero-order valence-corrected chi connectivity index (χ0v) is 7.73. The zero-order valence-electron chi connectivity index (χ0n) is 6.91. The molecule has 0 saturated heterocycles. The van der Waals surface area contributed by atoms with Crippen LogP contribution in [0.3, 0.4) is 0 Å². The van der Waals surface area contributed by atoms with E-state index >= 15 is 0 Å². The van der Waals surface area contributed by atoms with E-state index in [4.69, 9.17) is 5.11 Å². The molecule has 70 valence electrons. The summed E-state index contributed by atoms with van der Waals surface area (Å²) in [6.45, 7) is 0. The minimum absolute atomic E-state index is 0.0107. The van der Waals surface area contributed by atoms with Crippen molar-refractivity contribution in [2.24, 2.45) is 0 Å². The molecule has 0 radical (unpaired) electrons. The predicted molar refractivity (Wildman–Crippen MR) is 50.1 cm³/mol. The van der Waals surface area contributed by atoms with Crippen LogP contribution in [-0.4, -0.2) is 26.0 Å². The van der Waals surface area contributed by atoms with Gasteiger partial charge in [0.05, 0.1) is 10.4 Å². The molecule has 14 heavy (non-hydrogen) atoms. The first-order valence-corrected chi connectivity index (χ1v) is 4.60. The maximum Gasteiger partial charge on any atom is 0.354 e. The van der Waals surface area contributed by atoms with E-state index in [0.29, 0.717) is 5.82 Å². The molecular weight excluding hydrogens is 202 g/mol. The third-order valence-electron chi connectivity index (χ3n) is 1.53. The van der Waals surface area contributed by atoms with Crippen molar-refractivity contribution < 1.29 is 9.90 Å². The molecule has 0 aliphatic carbocycles. The Morgan fingerprint density at radius 1 is 1.50 bits per heavy atom. The van der Waals surface area contributed by atoms with Gasteiger partial charge >= 0.3 is 5.97 Å². The molecule has 0 aromatic carbocycles. The van der Waals surface area contributed by atoms with Crippen molar-refractivity contribution in [1.82, 2.24) is 15.0 Å². The molecule has 2 aromatic rings. The van der Waals surface area contributed by atoms with E-state index in [1.165, 1.54) is 23.6 Å². The van der Waals surface area contributed by atoms with Crippen molar-refractivity contribution in [2.75, 3.05) is 0 Å². The van der Waals surface area contributed by atoms with Gasteiger partial charge < -0.3 is 5.11 Å². The molecule has 0 aliphatic rings. The van der Waals surface area contributed by atoms with Gasteiger partial charge in [-0.2, -0.15) is 0 Å². The Morgan fingerprint density at radius 2 is 2.36 bits per heavy atom. The number of thiazole rings is 1. The average Bonchev–Trinajstić information content (AvgIpc) is 2.71. The fourth-order valence-electron chi connectivity index (χ4n) is 0.923. The van der Waals surface area contributed by atoms with Crippen LogP contribution in [0.15, 0.2) is 24.0 Å². The predicted octanol–water partition coefficient (Wildman–Crippen LogP) is 1.30. The first-order chi connectivity index (χ1) is 6.77. The lowest BCUT2D eigenvalue weighted by Gasteiger charge is -1.96. The molecule has 2 aromatic heterocycles. The summed E-state index contributed by atoms with van der Waals surface area (Å²) in [4.78, 5) is 23.1. The summed E-state index contributed by atoms with van der Waals surface area (Å²) < 4.78 is 0. The zero-order chi connectivity index (χ0) is 9.97. The van der Waals surface area contributed by atoms with Crippen LogP contribution in [0.1, 0.15) is 10.5 Å². The van der Waals surface area contributed by atoms with E-state index in [0.717, 1.165) is 4.88 Å². The van der Waals surface area contributed by atoms with Crippen LogP contribution in [0, 0.1) is 0 Å². The summed E-state index contributed by atoms with van der Waals surface area (Å²) in [5, 5.41) is 8.70. The number of hydrogen-bond donors (Lipinski definition) is 1. The van der Waals surface area contributed by atoms with Crippen molar-refractivity contribution >= 4 is 17.3 Å². The molecule has 2 heterocycles. The van der Waals surface area contributed by atoms with Crippen molar-refractivity contribution in [3.63, 3.8) is 0 Å². The standard InChI is InChI=1S/C8H5N3O2S/c12-8(13)5-1-2-10-7(11-5)6-3-9-4-14-6/h1-4H,(H,12,13). The fraction of sp³-hybridized carbons (Fsp3) is 0. The highest BCUT2D eigenvalue weighted by Crippen LogP contribution is 2.18. The topological polar surface area (TPSA) is 76.0 Å². The second-order valence-electron chi connectivity index (χ2n) is 2.44. The van der Waals surface area contributed by atoms with Gasteiger partial charge in [0.15, 0.2) is 11.5 Å². The monoisotopic (exact) mass is 207 g/mol. The number of rotatable bonds is 2.